The highest BCUT2D eigenvalue weighted by Gasteiger charge is 2.20. The molecule has 0 aliphatic rings. The van der Waals surface area contributed by atoms with E-state index in [1.54, 1.807) is 60.7 Å². The van der Waals surface area contributed by atoms with Gasteiger partial charge in [0.25, 0.3) is 0 Å². The van der Waals surface area contributed by atoms with Gasteiger partial charge in [-0.05, 0) is 42.0 Å². The lowest BCUT2D eigenvalue weighted by atomic mass is 10.2. The molecule has 0 bridgehead atoms. The van der Waals surface area contributed by atoms with E-state index in [1.165, 1.54) is 30.3 Å². The van der Waals surface area contributed by atoms with Gasteiger partial charge in [0.2, 0.25) is 9.84 Å². The maximum absolute atomic E-state index is 13.1. The van der Waals surface area contributed by atoms with Crippen LogP contribution in [0.1, 0.15) is 5.56 Å². The van der Waals surface area contributed by atoms with Gasteiger partial charge in [-0.15, -0.1) is 0 Å². The normalized spacial score (nSPS) is 12.9. The zero-order chi connectivity index (χ0) is 20.0. The molecule has 0 saturated carbocycles. The summed E-state index contributed by atoms with van der Waals surface area (Å²) in [6.45, 7) is 0. The maximum Gasteiger partial charge on any atom is 0.206 e. The van der Waals surface area contributed by atoms with Crippen LogP contribution in [0.25, 0.3) is 6.08 Å². The van der Waals surface area contributed by atoms with E-state index >= 15 is 0 Å². The number of benzene rings is 3. The molecule has 3 aromatic carbocycles. The van der Waals surface area contributed by atoms with Gasteiger partial charge in [0.05, 0.1) is 14.7 Å². The molecule has 0 spiro atoms. The first kappa shape index (κ1) is 19.8. The van der Waals surface area contributed by atoms with Crippen LogP contribution in [0.5, 0.6) is 0 Å². The summed E-state index contributed by atoms with van der Waals surface area (Å²) in [7, 11) is -7.67. The molecule has 3 rings (SSSR count). The molecule has 0 aliphatic carbocycles. The van der Waals surface area contributed by atoms with Crippen LogP contribution in [0.3, 0.4) is 0 Å². The fraction of sp³-hybridized carbons (Fsp3) is 0. The summed E-state index contributed by atoms with van der Waals surface area (Å²) < 4.78 is 51.2. The summed E-state index contributed by atoms with van der Waals surface area (Å²) in [5, 5.41) is 0.928. The summed E-state index contributed by atoms with van der Waals surface area (Å²) >= 11 is 0. The van der Waals surface area contributed by atoms with E-state index in [9.17, 15) is 16.8 Å². The average Bonchev–Trinajstić information content (AvgIpc) is 2.73. The van der Waals surface area contributed by atoms with Crippen molar-refractivity contribution in [2.75, 3.05) is 0 Å². The van der Waals surface area contributed by atoms with Gasteiger partial charge in [-0.25, -0.2) is 16.8 Å². The highest BCUT2D eigenvalue weighted by atomic mass is 32.2. The van der Waals surface area contributed by atoms with Crippen molar-refractivity contribution in [1.82, 2.24) is 0 Å². The largest absolute Gasteiger partial charge is 0.219 e. The molecule has 6 heteroatoms. The van der Waals surface area contributed by atoms with Crippen LogP contribution < -0.4 is 0 Å². The van der Waals surface area contributed by atoms with Crippen molar-refractivity contribution in [3.05, 3.63) is 113 Å². The van der Waals surface area contributed by atoms with Crippen LogP contribution >= 0.6 is 0 Å². The van der Waals surface area contributed by atoms with Gasteiger partial charge in [0.15, 0.2) is 9.84 Å². The summed E-state index contributed by atoms with van der Waals surface area (Å²) in [6.07, 6.45) is 2.59. The zero-order valence-electron chi connectivity index (χ0n) is 14.8. The maximum atomic E-state index is 13.1. The number of sulfone groups is 2. The van der Waals surface area contributed by atoms with Crippen LogP contribution in [0.4, 0.5) is 0 Å². The molecular formula is C22H18O4S2. The fourth-order valence-electron chi connectivity index (χ4n) is 2.51. The van der Waals surface area contributed by atoms with Crippen LogP contribution in [-0.2, 0) is 19.7 Å². The molecule has 0 saturated heterocycles. The molecule has 0 aliphatic heterocycles. The standard InChI is InChI=1S/C22H18O4S2/c23-27(24,20-12-6-2-7-13-20)17-16-22(18-19-10-4-1-5-11-19)28(25,26)21-14-8-3-9-15-21/h1-18H/b17-16+,22-18-. The van der Waals surface area contributed by atoms with Crippen molar-refractivity contribution in [2.24, 2.45) is 0 Å². The second-order valence-corrected chi connectivity index (χ2v) is 9.72. The first-order valence-corrected chi connectivity index (χ1v) is 11.5. The predicted molar refractivity (Wildman–Crippen MR) is 111 cm³/mol. The van der Waals surface area contributed by atoms with Gasteiger partial charge < -0.3 is 0 Å². The molecule has 3 aromatic rings. The predicted octanol–water partition coefficient (Wildman–Crippen LogP) is 4.49. The minimum atomic E-state index is -3.89. The highest BCUT2D eigenvalue weighted by molar-refractivity contribution is 7.96. The summed E-state index contributed by atoms with van der Waals surface area (Å²) in [6, 6.07) is 24.7. The van der Waals surface area contributed by atoms with Crippen LogP contribution in [-0.4, -0.2) is 16.8 Å². The van der Waals surface area contributed by atoms with Crippen LogP contribution in [0.2, 0.25) is 0 Å². The molecule has 4 nitrogen and oxygen atoms in total. The van der Waals surface area contributed by atoms with Crippen molar-refractivity contribution in [2.45, 2.75) is 9.79 Å². The molecular weight excluding hydrogens is 392 g/mol. The number of hydrogen-bond donors (Lipinski definition) is 0. The van der Waals surface area contributed by atoms with Gasteiger partial charge in [-0.3, -0.25) is 0 Å². The molecule has 0 amide bonds. The molecule has 0 unspecified atom stereocenters. The molecule has 142 valence electrons. The molecule has 28 heavy (non-hydrogen) atoms. The Bertz CT molecular complexity index is 1200. The lowest BCUT2D eigenvalue weighted by molar-refractivity contribution is 0.603. The van der Waals surface area contributed by atoms with Gasteiger partial charge in [0.1, 0.15) is 0 Å². The van der Waals surface area contributed by atoms with E-state index in [0.29, 0.717) is 5.56 Å². The Labute approximate surface area is 165 Å². The van der Waals surface area contributed by atoms with Crippen molar-refractivity contribution in [3.63, 3.8) is 0 Å². The summed E-state index contributed by atoms with van der Waals surface area (Å²) in [5.74, 6) is 0. The van der Waals surface area contributed by atoms with Gasteiger partial charge in [-0.1, -0.05) is 66.7 Å². The van der Waals surface area contributed by atoms with Crippen molar-refractivity contribution in [1.29, 1.82) is 0 Å². The van der Waals surface area contributed by atoms with Crippen LogP contribution in [0.15, 0.2) is 117 Å². The van der Waals surface area contributed by atoms with E-state index in [-0.39, 0.29) is 14.7 Å². The highest BCUT2D eigenvalue weighted by Crippen LogP contribution is 2.24. The number of hydrogen-bond acceptors (Lipinski definition) is 4. The number of allylic oxidation sites excluding steroid dienone is 1. The van der Waals surface area contributed by atoms with E-state index in [4.69, 9.17) is 0 Å². The molecule has 0 atom stereocenters. The minimum absolute atomic E-state index is 0.0962. The topological polar surface area (TPSA) is 68.3 Å². The molecule has 0 fully saturated rings. The summed E-state index contributed by atoms with van der Waals surface area (Å²) in [5.41, 5.74) is 0.652. The molecule has 0 heterocycles. The second kappa shape index (κ2) is 8.37. The quantitative estimate of drug-likeness (QED) is 0.562. The zero-order valence-corrected chi connectivity index (χ0v) is 16.5. The molecule has 0 N–H and O–H groups in total. The third-order valence-corrected chi connectivity index (χ3v) is 7.15. The third-order valence-electron chi connectivity index (χ3n) is 3.96. The van der Waals surface area contributed by atoms with E-state index in [2.05, 4.69) is 0 Å². The fourth-order valence-corrected chi connectivity index (χ4v) is 4.94. The second-order valence-electron chi connectivity index (χ2n) is 5.93. The lowest BCUT2D eigenvalue weighted by Crippen LogP contribution is -2.04. The Kier molecular flexibility index (Phi) is 5.92. The molecule has 0 aromatic heterocycles. The Morgan fingerprint density at radius 3 is 1.61 bits per heavy atom. The average molecular weight is 411 g/mol. The minimum Gasteiger partial charge on any atom is -0.219 e. The van der Waals surface area contributed by atoms with E-state index in [1.807, 2.05) is 6.07 Å². The Morgan fingerprint density at radius 1 is 0.607 bits per heavy atom. The van der Waals surface area contributed by atoms with Gasteiger partial charge in [-0.2, -0.15) is 0 Å². The van der Waals surface area contributed by atoms with Gasteiger partial charge >= 0.3 is 0 Å². The molecule has 0 radical (unpaired) electrons. The Morgan fingerprint density at radius 2 is 1.07 bits per heavy atom. The first-order chi connectivity index (χ1) is 13.4. The Balaban J connectivity index is 2.09. The third kappa shape index (κ3) is 4.65. The van der Waals surface area contributed by atoms with Crippen molar-refractivity contribution < 1.29 is 16.8 Å². The SMILES string of the molecule is O=S(=O)(/C=C/C(=C/c1ccccc1)S(=O)(=O)c1ccccc1)c1ccccc1. The van der Waals surface area contributed by atoms with Gasteiger partial charge in [0, 0.05) is 5.41 Å². The van der Waals surface area contributed by atoms with Crippen molar-refractivity contribution >= 4 is 25.8 Å². The van der Waals surface area contributed by atoms with E-state index in [0.717, 1.165) is 11.5 Å². The lowest BCUT2D eigenvalue weighted by Gasteiger charge is -2.06. The summed E-state index contributed by atoms with van der Waals surface area (Å²) in [4.78, 5) is 0.0887. The Hall–Kier alpha value is -2.96. The van der Waals surface area contributed by atoms with Crippen LogP contribution in [0, 0.1) is 0 Å². The van der Waals surface area contributed by atoms with Crippen molar-refractivity contribution in [3.8, 4) is 0 Å². The number of rotatable bonds is 6. The van der Waals surface area contributed by atoms with E-state index < -0.39 is 19.7 Å². The smallest absolute Gasteiger partial charge is 0.206 e. The first-order valence-electron chi connectivity index (χ1n) is 8.45. The monoisotopic (exact) mass is 410 g/mol.